The van der Waals surface area contributed by atoms with E-state index in [1.807, 2.05) is 38.1 Å². The summed E-state index contributed by atoms with van der Waals surface area (Å²) in [4.78, 5) is 32.7. The van der Waals surface area contributed by atoms with E-state index in [0.717, 1.165) is 47.6 Å². The first-order chi connectivity index (χ1) is 17.3. The summed E-state index contributed by atoms with van der Waals surface area (Å²) in [5.41, 5.74) is 8.67. The number of ketones is 1. The third kappa shape index (κ3) is 4.21. The molecule has 5 rings (SSSR count). The molecule has 2 heterocycles. The minimum atomic E-state index is -0.992. The van der Waals surface area contributed by atoms with Crippen molar-refractivity contribution in [1.29, 1.82) is 0 Å². The van der Waals surface area contributed by atoms with Gasteiger partial charge in [0.15, 0.2) is 10.9 Å². The lowest BCUT2D eigenvalue weighted by Gasteiger charge is -2.42. The van der Waals surface area contributed by atoms with E-state index in [2.05, 4.69) is 10.3 Å². The minimum absolute atomic E-state index is 0.00425. The zero-order valence-electron chi connectivity index (χ0n) is 21.1. The highest BCUT2D eigenvalue weighted by Gasteiger charge is 2.51. The quantitative estimate of drug-likeness (QED) is 0.540. The summed E-state index contributed by atoms with van der Waals surface area (Å²) in [5.74, 6) is 0.383. The minimum Gasteiger partial charge on any atom is -0.496 e. The number of carbonyl (C=O) groups is 2. The van der Waals surface area contributed by atoms with E-state index >= 15 is 0 Å². The molecule has 190 valence electrons. The SMILES string of the molecule is COc1ccccc1[C@H]1CC(=O)C2=C(C1)NC(C)=C(C(=O)OC1CCCCC1)[C@]2(C)c1cnc(N)s1. The number of rotatable bonds is 5. The highest BCUT2D eigenvalue weighted by atomic mass is 32.1. The number of nitrogen functional groups attached to an aromatic ring is 1. The van der Waals surface area contributed by atoms with Gasteiger partial charge in [-0.05, 0) is 57.6 Å². The van der Waals surface area contributed by atoms with E-state index in [1.165, 1.54) is 17.8 Å². The van der Waals surface area contributed by atoms with E-state index in [9.17, 15) is 9.59 Å². The lowest BCUT2D eigenvalue weighted by Crippen LogP contribution is -2.45. The molecule has 0 saturated heterocycles. The number of hydrogen-bond donors (Lipinski definition) is 2. The Kier molecular flexibility index (Phi) is 6.64. The average Bonchev–Trinajstić information content (AvgIpc) is 3.31. The van der Waals surface area contributed by atoms with Crippen LogP contribution in [0.25, 0.3) is 0 Å². The largest absolute Gasteiger partial charge is 0.496 e. The van der Waals surface area contributed by atoms with Gasteiger partial charge in [0.2, 0.25) is 0 Å². The van der Waals surface area contributed by atoms with Crippen LogP contribution < -0.4 is 15.8 Å². The van der Waals surface area contributed by atoms with Crippen molar-refractivity contribution >= 4 is 28.2 Å². The summed E-state index contributed by atoms with van der Waals surface area (Å²) in [5, 5.41) is 3.84. The number of thiazole rings is 1. The summed E-state index contributed by atoms with van der Waals surface area (Å²) in [7, 11) is 1.65. The Morgan fingerprint density at radius 1 is 1.19 bits per heavy atom. The highest BCUT2D eigenvalue weighted by Crippen LogP contribution is 2.51. The molecular weight excluding hydrogens is 474 g/mol. The van der Waals surface area contributed by atoms with Gasteiger partial charge in [0, 0.05) is 40.4 Å². The molecule has 1 fully saturated rings. The van der Waals surface area contributed by atoms with Crippen LogP contribution >= 0.6 is 11.3 Å². The Morgan fingerprint density at radius 2 is 1.94 bits per heavy atom. The van der Waals surface area contributed by atoms with Crippen LogP contribution in [0, 0.1) is 0 Å². The van der Waals surface area contributed by atoms with Gasteiger partial charge in [-0.3, -0.25) is 4.79 Å². The number of nitrogens with one attached hydrogen (secondary N) is 1. The van der Waals surface area contributed by atoms with E-state index < -0.39 is 5.41 Å². The fourth-order valence-corrected chi connectivity index (χ4v) is 6.98. The van der Waals surface area contributed by atoms with E-state index in [1.54, 1.807) is 13.3 Å². The van der Waals surface area contributed by atoms with Crippen molar-refractivity contribution in [2.24, 2.45) is 0 Å². The zero-order valence-corrected chi connectivity index (χ0v) is 21.9. The number of para-hydroxylation sites is 1. The molecule has 1 saturated carbocycles. The van der Waals surface area contributed by atoms with Crippen molar-refractivity contribution in [2.75, 3.05) is 12.8 Å². The molecule has 1 aliphatic heterocycles. The van der Waals surface area contributed by atoms with Gasteiger partial charge in [-0.15, -0.1) is 11.3 Å². The molecule has 3 N–H and O–H groups in total. The standard InChI is InChI=1S/C28H33N3O4S/c1-16-24(26(33)35-18-9-5-4-6-10-18)28(2,23-15-30-27(29)36-23)25-20(31-16)13-17(14-21(25)32)19-11-7-8-12-22(19)34-3/h7-8,11-12,15,17-18,31H,4-6,9-10,13-14H2,1-3H3,(H2,29,30)/t17-,28+/m1/s1. The first kappa shape index (κ1) is 24.6. The van der Waals surface area contributed by atoms with E-state index in [4.69, 9.17) is 15.2 Å². The molecular formula is C28H33N3O4S. The fraction of sp³-hybridized carbons (Fsp3) is 0.464. The lowest BCUT2D eigenvalue weighted by molar-refractivity contribution is -0.146. The molecule has 0 unspecified atom stereocenters. The van der Waals surface area contributed by atoms with Gasteiger partial charge in [-0.2, -0.15) is 0 Å². The van der Waals surface area contributed by atoms with Crippen LogP contribution in [0.3, 0.4) is 0 Å². The normalized spacial score (nSPS) is 24.9. The van der Waals surface area contributed by atoms with Crippen LogP contribution in [0.15, 0.2) is 53.0 Å². The van der Waals surface area contributed by atoms with Gasteiger partial charge in [0.1, 0.15) is 11.9 Å². The summed E-state index contributed by atoms with van der Waals surface area (Å²) in [6.07, 6.45) is 7.62. The molecule has 1 aromatic heterocycles. The Balaban J connectivity index is 1.57. The highest BCUT2D eigenvalue weighted by molar-refractivity contribution is 7.15. The molecule has 0 radical (unpaired) electrons. The smallest absolute Gasteiger partial charge is 0.337 e. The molecule has 2 aromatic rings. The number of allylic oxidation sites excluding steroid dienone is 3. The Bertz CT molecular complexity index is 1260. The number of carbonyl (C=O) groups excluding carboxylic acids is 2. The molecule has 0 bridgehead atoms. The van der Waals surface area contributed by atoms with Gasteiger partial charge >= 0.3 is 5.97 Å². The number of dihydropyridines is 1. The maximum Gasteiger partial charge on any atom is 0.337 e. The Labute approximate surface area is 215 Å². The van der Waals surface area contributed by atoms with Gasteiger partial charge in [-0.1, -0.05) is 24.6 Å². The number of benzene rings is 1. The third-order valence-electron chi connectivity index (χ3n) is 7.80. The molecule has 0 amide bonds. The second-order valence-corrected chi connectivity index (χ2v) is 11.2. The van der Waals surface area contributed by atoms with Crippen LogP contribution in [0.2, 0.25) is 0 Å². The molecule has 7 nitrogen and oxygen atoms in total. The van der Waals surface area contributed by atoms with Crippen molar-refractivity contribution in [3.8, 4) is 5.75 Å². The number of nitrogens with two attached hydrogens (primary N) is 1. The molecule has 0 spiro atoms. The summed E-state index contributed by atoms with van der Waals surface area (Å²) < 4.78 is 11.6. The molecule has 3 aliphatic rings. The van der Waals surface area contributed by atoms with Crippen LogP contribution in [0.5, 0.6) is 5.75 Å². The average molecular weight is 508 g/mol. The number of ether oxygens (including phenoxy) is 2. The first-order valence-corrected chi connectivity index (χ1v) is 13.5. The molecule has 2 aliphatic carbocycles. The molecule has 2 atom stereocenters. The van der Waals surface area contributed by atoms with Crippen molar-refractivity contribution in [1.82, 2.24) is 10.3 Å². The number of aromatic nitrogens is 1. The van der Waals surface area contributed by atoms with Gasteiger partial charge in [-0.25, -0.2) is 9.78 Å². The van der Waals surface area contributed by atoms with Crippen LogP contribution in [0.1, 0.15) is 75.2 Å². The van der Waals surface area contributed by atoms with Gasteiger partial charge in [0.05, 0.1) is 18.1 Å². The predicted molar refractivity (Wildman–Crippen MR) is 140 cm³/mol. The van der Waals surface area contributed by atoms with Crippen LogP contribution in [-0.2, 0) is 19.7 Å². The lowest BCUT2D eigenvalue weighted by atomic mass is 9.65. The summed E-state index contributed by atoms with van der Waals surface area (Å²) >= 11 is 1.31. The maximum absolute atomic E-state index is 13.9. The maximum atomic E-state index is 13.9. The first-order valence-electron chi connectivity index (χ1n) is 12.6. The van der Waals surface area contributed by atoms with Crippen molar-refractivity contribution < 1.29 is 19.1 Å². The van der Waals surface area contributed by atoms with Gasteiger partial charge < -0.3 is 20.5 Å². The van der Waals surface area contributed by atoms with Crippen LogP contribution in [-0.4, -0.2) is 30.0 Å². The second kappa shape index (κ2) is 9.73. The number of esters is 1. The number of hydrogen-bond acceptors (Lipinski definition) is 8. The second-order valence-electron chi connectivity index (χ2n) is 10.1. The third-order valence-corrected chi connectivity index (χ3v) is 8.85. The van der Waals surface area contributed by atoms with Crippen LogP contribution in [0.4, 0.5) is 5.13 Å². The molecule has 36 heavy (non-hydrogen) atoms. The number of Topliss-reactive ketones (excluding diaryl/α,β-unsaturated/α-hetero) is 1. The van der Waals surface area contributed by atoms with Crippen molar-refractivity contribution in [3.05, 3.63) is 63.4 Å². The number of nitrogens with zero attached hydrogens (tertiary/aromatic N) is 1. The van der Waals surface area contributed by atoms with Gasteiger partial charge in [0.25, 0.3) is 0 Å². The van der Waals surface area contributed by atoms with E-state index in [0.29, 0.717) is 34.8 Å². The Morgan fingerprint density at radius 3 is 2.64 bits per heavy atom. The van der Waals surface area contributed by atoms with Crippen molar-refractivity contribution in [2.45, 2.75) is 76.2 Å². The van der Waals surface area contributed by atoms with E-state index in [-0.39, 0.29) is 23.8 Å². The summed E-state index contributed by atoms with van der Waals surface area (Å²) in [6, 6.07) is 7.84. The molecule has 8 heteroatoms. The Hall–Kier alpha value is -3.13. The predicted octanol–water partition coefficient (Wildman–Crippen LogP) is 5.15. The number of methoxy groups -OCH3 is 1. The van der Waals surface area contributed by atoms with Crippen molar-refractivity contribution in [3.63, 3.8) is 0 Å². The summed E-state index contributed by atoms with van der Waals surface area (Å²) in [6.45, 7) is 3.83. The fourth-order valence-electron chi connectivity index (χ4n) is 6.14. The monoisotopic (exact) mass is 507 g/mol. The topological polar surface area (TPSA) is 104 Å². The zero-order chi connectivity index (χ0) is 25.4. The number of anilines is 1. The molecule has 1 aromatic carbocycles.